The molecule has 0 saturated carbocycles. The average molecular weight is 476 g/mol. The Hall–Kier alpha value is -3.63. The summed E-state index contributed by atoms with van der Waals surface area (Å²) in [7, 11) is 0. The molecule has 4 heterocycles. The van der Waals surface area contributed by atoms with Crippen molar-refractivity contribution in [3.63, 3.8) is 0 Å². The van der Waals surface area contributed by atoms with E-state index in [1.165, 1.54) is 18.2 Å². The van der Waals surface area contributed by atoms with Crippen LogP contribution in [-0.2, 0) is 19.3 Å². The first-order valence-electron chi connectivity index (χ1n) is 10.8. The predicted molar refractivity (Wildman–Crippen MR) is 114 cm³/mol. The van der Waals surface area contributed by atoms with Gasteiger partial charge in [0.25, 0.3) is 0 Å². The first kappa shape index (κ1) is 22.2. The Kier molecular flexibility index (Phi) is 5.62. The van der Waals surface area contributed by atoms with Crippen molar-refractivity contribution in [3.8, 4) is 17.4 Å². The number of halogens is 4. The first-order valence-corrected chi connectivity index (χ1v) is 10.8. The summed E-state index contributed by atoms with van der Waals surface area (Å²) in [5, 5.41) is 0. The van der Waals surface area contributed by atoms with Crippen LogP contribution in [0, 0.1) is 5.82 Å². The quantitative estimate of drug-likeness (QED) is 0.504. The highest BCUT2D eigenvalue weighted by atomic mass is 19.4. The molecule has 7 nitrogen and oxygen atoms in total. The molecule has 2 aromatic heterocycles. The number of pyridine rings is 1. The molecule has 2 aliphatic heterocycles. The van der Waals surface area contributed by atoms with Gasteiger partial charge >= 0.3 is 11.9 Å². The molecular weight excluding hydrogens is 456 g/mol. The molecule has 178 valence electrons. The minimum Gasteiger partial charge on any atom is -0.473 e. The fourth-order valence-corrected chi connectivity index (χ4v) is 4.29. The third kappa shape index (κ3) is 4.42. The number of hydrogen-bond donors (Lipinski definition) is 0. The third-order valence-electron chi connectivity index (χ3n) is 5.91. The second kappa shape index (κ2) is 8.62. The van der Waals surface area contributed by atoms with Gasteiger partial charge in [-0.25, -0.2) is 9.18 Å². The summed E-state index contributed by atoms with van der Waals surface area (Å²) in [5.74, 6) is -0.272. The van der Waals surface area contributed by atoms with Gasteiger partial charge in [-0.15, -0.1) is 0 Å². The lowest BCUT2D eigenvalue weighted by atomic mass is 10.0. The molecule has 1 aromatic carbocycles. The van der Waals surface area contributed by atoms with E-state index in [2.05, 4.69) is 14.9 Å². The lowest BCUT2D eigenvalue weighted by Gasteiger charge is -2.30. The van der Waals surface area contributed by atoms with E-state index in [0.29, 0.717) is 24.2 Å². The summed E-state index contributed by atoms with van der Waals surface area (Å²) in [6.07, 6.45) is -0.467. The Morgan fingerprint density at radius 1 is 1.12 bits per heavy atom. The number of ether oxygens (including phenoxy) is 2. The topological polar surface area (TPSA) is 69.5 Å². The van der Waals surface area contributed by atoms with Gasteiger partial charge in [0.2, 0.25) is 5.88 Å². The summed E-state index contributed by atoms with van der Waals surface area (Å²) < 4.78 is 65.5. The van der Waals surface area contributed by atoms with Gasteiger partial charge in [0.05, 0.1) is 0 Å². The maximum absolute atomic E-state index is 14.5. The molecule has 0 unspecified atom stereocenters. The fraction of sp³-hybridized carbons (Fsp3) is 0.348. The maximum Gasteiger partial charge on any atom is 0.433 e. The molecule has 0 aliphatic carbocycles. The summed E-state index contributed by atoms with van der Waals surface area (Å²) >= 11 is 0. The smallest absolute Gasteiger partial charge is 0.433 e. The van der Waals surface area contributed by atoms with Crippen molar-refractivity contribution in [2.45, 2.75) is 44.6 Å². The standard InChI is InChI=1S/C23H20F4N4O3/c24-17-9-14(4-5-18(17)34-16-6-7-28-19(10-16)23(25,26)27)13-33-20-11-21-30-8-2-1-3-15(30)12-31(21)22(32)29-20/h4-7,9-11,15H,1-3,8,12-13H2/t15-/m0/s1. The van der Waals surface area contributed by atoms with Gasteiger partial charge in [-0.1, -0.05) is 6.07 Å². The number of anilines is 1. The van der Waals surface area contributed by atoms with E-state index in [1.807, 2.05) is 0 Å². The molecule has 1 saturated heterocycles. The lowest BCUT2D eigenvalue weighted by Crippen LogP contribution is -2.36. The molecule has 0 radical (unpaired) electrons. The number of nitrogens with zero attached hydrogens (tertiary/aromatic N) is 4. The molecule has 34 heavy (non-hydrogen) atoms. The zero-order valence-electron chi connectivity index (χ0n) is 17.9. The van der Waals surface area contributed by atoms with Crippen molar-refractivity contribution in [3.05, 3.63) is 70.2 Å². The van der Waals surface area contributed by atoms with Crippen molar-refractivity contribution >= 4 is 5.82 Å². The van der Waals surface area contributed by atoms with E-state index in [0.717, 1.165) is 43.9 Å². The summed E-state index contributed by atoms with van der Waals surface area (Å²) in [6.45, 7) is 1.45. The highest BCUT2D eigenvalue weighted by Crippen LogP contribution is 2.33. The highest BCUT2D eigenvalue weighted by molar-refractivity contribution is 5.47. The fourth-order valence-electron chi connectivity index (χ4n) is 4.29. The normalized spacial score (nSPS) is 17.3. The molecule has 1 atom stereocenters. The van der Waals surface area contributed by atoms with E-state index < -0.39 is 17.7 Å². The third-order valence-corrected chi connectivity index (χ3v) is 5.91. The number of alkyl halides is 3. The second-order valence-electron chi connectivity index (χ2n) is 8.22. The Balaban J connectivity index is 1.28. The molecule has 5 rings (SSSR count). The van der Waals surface area contributed by atoms with Crippen LogP contribution in [0.25, 0.3) is 0 Å². The SMILES string of the molecule is O=c1nc(OCc2ccc(Oc3ccnc(C(F)(F)F)c3)c(F)c2)cc2n1C[C@@H]1CCCCN21. The van der Waals surface area contributed by atoms with Gasteiger partial charge < -0.3 is 14.4 Å². The predicted octanol–water partition coefficient (Wildman–Crippen LogP) is 4.54. The number of piperidine rings is 1. The second-order valence-corrected chi connectivity index (χ2v) is 8.22. The number of rotatable bonds is 5. The molecular formula is C23H20F4N4O3. The maximum atomic E-state index is 14.5. The van der Waals surface area contributed by atoms with E-state index in [4.69, 9.17) is 9.47 Å². The van der Waals surface area contributed by atoms with Crippen molar-refractivity contribution in [1.29, 1.82) is 0 Å². The molecule has 0 spiro atoms. The van der Waals surface area contributed by atoms with E-state index in [1.54, 1.807) is 10.6 Å². The van der Waals surface area contributed by atoms with Crippen LogP contribution in [0.4, 0.5) is 23.4 Å². The van der Waals surface area contributed by atoms with Crippen LogP contribution in [0.1, 0.15) is 30.5 Å². The van der Waals surface area contributed by atoms with Crippen LogP contribution in [0.2, 0.25) is 0 Å². The largest absolute Gasteiger partial charge is 0.473 e. The Morgan fingerprint density at radius 2 is 1.97 bits per heavy atom. The van der Waals surface area contributed by atoms with Gasteiger partial charge in [0.15, 0.2) is 11.6 Å². The summed E-state index contributed by atoms with van der Waals surface area (Å²) in [5.41, 5.74) is -1.08. The number of fused-ring (bicyclic) bond motifs is 3. The first-order chi connectivity index (χ1) is 16.3. The minimum atomic E-state index is -4.64. The zero-order valence-corrected chi connectivity index (χ0v) is 17.9. The van der Waals surface area contributed by atoms with Crippen molar-refractivity contribution in [2.24, 2.45) is 0 Å². The van der Waals surface area contributed by atoms with Gasteiger partial charge in [0.1, 0.15) is 23.9 Å². The van der Waals surface area contributed by atoms with Crippen LogP contribution in [-0.4, -0.2) is 27.1 Å². The van der Waals surface area contributed by atoms with Crippen LogP contribution >= 0.6 is 0 Å². The van der Waals surface area contributed by atoms with E-state index >= 15 is 0 Å². The molecule has 0 N–H and O–H groups in total. The monoisotopic (exact) mass is 476 g/mol. The molecule has 1 fully saturated rings. The van der Waals surface area contributed by atoms with Gasteiger partial charge in [-0.2, -0.15) is 18.2 Å². The Labute approximate surface area is 191 Å². The number of benzene rings is 1. The van der Waals surface area contributed by atoms with Crippen molar-refractivity contribution in [2.75, 3.05) is 11.4 Å². The van der Waals surface area contributed by atoms with Gasteiger partial charge in [-0.3, -0.25) is 9.55 Å². The molecule has 2 aliphatic rings. The average Bonchev–Trinajstić information content (AvgIpc) is 3.18. The van der Waals surface area contributed by atoms with Gasteiger partial charge in [-0.05, 0) is 43.0 Å². The molecule has 3 aromatic rings. The zero-order chi connectivity index (χ0) is 23.9. The molecule has 11 heteroatoms. The minimum absolute atomic E-state index is 0.0516. The Morgan fingerprint density at radius 3 is 2.76 bits per heavy atom. The van der Waals surface area contributed by atoms with Crippen molar-refractivity contribution < 1.29 is 27.0 Å². The lowest BCUT2D eigenvalue weighted by molar-refractivity contribution is -0.141. The van der Waals surface area contributed by atoms with E-state index in [-0.39, 0.29) is 29.7 Å². The van der Waals surface area contributed by atoms with Crippen LogP contribution in [0.5, 0.6) is 17.4 Å². The van der Waals surface area contributed by atoms with Crippen LogP contribution < -0.4 is 20.1 Å². The number of hydrogen-bond acceptors (Lipinski definition) is 6. The van der Waals surface area contributed by atoms with Gasteiger partial charge in [0, 0.05) is 37.5 Å². The molecule has 0 amide bonds. The summed E-state index contributed by atoms with van der Waals surface area (Å²) in [6, 6.07) is 7.89. The highest BCUT2D eigenvalue weighted by Gasteiger charge is 2.33. The molecule has 0 bridgehead atoms. The van der Waals surface area contributed by atoms with Crippen LogP contribution in [0.15, 0.2) is 47.4 Å². The van der Waals surface area contributed by atoms with E-state index in [9.17, 15) is 22.4 Å². The van der Waals surface area contributed by atoms with Crippen molar-refractivity contribution in [1.82, 2.24) is 14.5 Å². The Bertz CT molecular complexity index is 1280. The number of aromatic nitrogens is 3. The summed E-state index contributed by atoms with van der Waals surface area (Å²) in [4.78, 5) is 21.9. The van der Waals surface area contributed by atoms with Crippen LogP contribution in [0.3, 0.4) is 0 Å².